The second-order valence-corrected chi connectivity index (χ2v) is 5.48. The highest BCUT2D eigenvalue weighted by atomic mass is 31.1. The molecule has 72 valence electrons. The van der Waals surface area contributed by atoms with Crippen LogP contribution in [0.25, 0.3) is 0 Å². The monoisotopic (exact) mass is 192 g/mol. The third kappa shape index (κ3) is 3.48. The van der Waals surface area contributed by atoms with E-state index < -0.39 is 7.92 Å². The van der Waals surface area contributed by atoms with Gasteiger partial charge in [0.2, 0.25) is 0 Å². The molecular formula is C7H17N2O2P. The first-order valence-electron chi connectivity index (χ1n) is 3.79. The van der Waals surface area contributed by atoms with E-state index in [-0.39, 0.29) is 5.65 Å². The summed E-state index contributed by atoms with van der Waals surface area (Å²) in [5.41, 5.74) is 2.99. The molecule has 1 N–H and O–H groups in total. The Balaban J connectivity index is 4.00. The molecule has 0 aliphatic carbocycles. The SMILES string of the molecule is CONN(C)C(=O)P(C)C(C)C. The van der Waals surface area contributed by atoms with Crippen molar-refractivity contribution < 1.29 is 9.63 Å². The maximum atomic E-state index is 11.5. The Morgan fingerprint density at radius 2 is 2.08 bits per heavy atom. The zero-order chi connectivity index (χ0) is 9.72. The van der Waals surface area contributed by atoms with Crippen LogP contribution in [0.3, 0.4) is 0 Å². The van der Waals surface area contributed by atoms with Gasteiger partial charge in [0, 0.05) is 7.05 Å². The number of hydrogen-bond acceptors (Lipinski definition) is 3. The summed E-state index contributed by atoms with van der Waals surface area (Å²) in [5.74, 6) is 0. The van der Waals surface area contributed by atoms with Crippen molar-refractivity contribution >= 4 is 13.6 Å². The highest BCUT2D eigenvalue weighted by Gasteiger charge is 2.19. The van der Waals surface area contributed by atoms with Crippen molar-refractivity contribution in [2.45, 2.75) is 19.5 Å². The van der Waals surface area contributed by atoms with Crippen molar-refractivity contribution in [2.75, 3.05) is 20.8 Å². The Bertz CT molecular complexity index is 152. The van der Waals surface area contributed by atoms with Crippen LogP contribution < -0.4 is 5.59 Å². The molecule has 4 nitrogen and oxygen atoms in total. The van der Waals surface area contributed by atoms with Crippen molar-refractivity contribution in [1.29, 1.82) is 0 Å². The van der Waals surface area contributed by atoms with Crippen LogP contribution in [0.15, 0.2) is 0 Å². The van der Waals surface area contributed by atoms with E-state index in [0.717, 1.165) is 0 Å². The summed E-state index contributed by atoms with van der Waals surface area (Å²) < 4.78 is 0. The van der Waals surface area contributed by atoms with Gasteiger partial charge in [-0.3, -0.25) is 14.6 Å². The number of nitrogens with one attached hydrogen (secondary N) is 1. The van der Waals surface area contributed by atoms with Gasteiger partial charge in [-0.1, -0.05) is 13.8 Å². The Hall–Kier alpha value is -0.180. The number of rotatable bonds is 4. The second-order valence-electron chi connectivity index (χ2n) is 2.84. The molecule has 1 unspecified atom stereocenters. The van der Waals surface area contributed by atoms with Crippen LogP contribution >= 0.6 is 7.92 Å². The average Bonchev–Trinajstić information content (AvgIpc) is 2.02. The number of carbonyl (C=O) groups excluding carboxylic acids is 1. The lowest BCUT2D eigenvalue weighted by Gasteiger charge is -2.22. The van der Waals surface area contributed by atoms with Gasteiger partial charge < -0.3 is 0 Å². The van der Waals surface area contributed by atoms with E-state index >= 15 is 0 Å². The predicted molar refractivity (Wildman–Crippen MR) is 51.3 cm³/mol. The fourth-order valence-electron chi connectivity index (χ4n) is 0.633. The van der Waals surface area contributed by atoms with E-state index in [9.17, 15) is 4.79 Å². The summed E-state index contributed by atoms with van der Waals surface area (Å²) in [6, 6.07) is 0. The normalized spacial score (nSPS) is 13.2. The third-order valence-corrected chi connectivity index (χ3v) is 4.04. The van der Waals surface area contributed by atoms with Crippen LogP contribution in [0.4, 0.5) is 4.79 Å². The Kier molecular flexibility index (Phi) is 5.38. The van der Waals surface area contributed by atoms with Gasteiger partial charge in [0.1, 0.15) is 0 Å². The van der Waals surface area contributed by atoms with Crippen LogP contribution in [0.1, 0.15) is 13.8 Å². The van der Waals surface area contributed by atoms with E-state index in [0.29, 0.717) is 5.66 Å². The van der Waals surface area contributed by atoms with E-state index in [1.54, 1.807) is 7.05 Å². The van der Waals surface area contributed by atoms with Gasteiger partial charge in [0.15, 0.2) is 0 Å². The molecule has 1 atom stereocenters. The van der Waals surface area contributed by atoms with Gasteiger partial charge in [-0.2, -0.15) is 0 Å². The summed E-state index contributed by atoms with van der Waals surface area (Å²) in [6.45, 7) is 6.06. The van der Waals surface area contributed by atoms with Crippen LogP contribution in [0, 0.1) is 0 Å². The number of nitrogens with zero attached hydrogens (tertiary/aromatic N) is 1. The van der Waals surface area contributed by atoms with Crippen molar-refractivity contribution in [2.24, 2.45) is 0 Å². The molecule has 0 fully saturated rings. The summed E-state index contributed by atoms with van der Waals surface area (Å²) in [6.07, 6.45) is 0. The lowest BCUT2D eigenvalue weighted by atomic mass is 10.6. The molecule has 0 radical (unpaired) electrons. The van der Waals surface area contributed by atoms with Crippen LogP contribution in [0.5, 0.6) is 0 Å². The van der Waals surface area contributed by atoms with Crippen LogP contribution in [-0.2, 0) is 4.84 Å². The molecular weight excluding hydrogens is 175 g/mol. The van der Waals surface area contributed by atoms with E-state index in [1.165, 1.54) is 12.1 Å². The maximum absolute atomic E-state index is 11.5. The number of hydrogen-bond donors (Lipinski definition) is 1. The van der Waals surface area contributed by atoms with Crippen molar-refractivity contribution in [3.63, 3.8) is 0 Å². The molecule has 0 aromatic rings. The highest BCUT2D eigenvalue weighted by Crippen LogP contribution is 2.38. The standard InChI is InChI=1S/C7H17N2O2P/c1-6(2)12(5)7(10)9(3)8-11-4/h6,8H,1-5H3. The quantitative estimate of drug-likeness (QED) is 0.543. The summed E-state index contributed by atoms with van der Waals surface area (Å²) >= 11 is 0. The zero-order valence-electron chi connectivity index (χ0n) is 8.29. The summed E-state index contributed by atoms with van der Waals surface area (Å²) in [4.78, 5) is 16.1. The van der Waals surface area contributed by atoms with Gasteiger partial charge in [0.05, 0.1) is 7.11 Å². The molecule has 0 bridgehead atoms. The Morgan fingerprint density at radius 1 is 1.58 bits per heavy atom. The first-order chi connectivity index (χ1) is 5.50. The number of amides is 1. The van der Waals surface area contributed by atoms with Crippen LogP contribution in [0.2, 0.25) is 0 Å². The third-order valence-electron chi connectivity index (χ3n) is 1.59. The van der Waals surface area contributed by atoms with E-state index in [4.69, 9.17) is 0 Å². The molecule has 1 amide bonds. The largest absolute Gasteiger partial charge is 0.285 e. The maximum Gasteiger partial charge on any atom is 0.259 e. The van der Waals surface area contributed by atoms with Gasteiger partial charge in [-0.25, -0.2) is 0 Å². The predicted octanol–water partition coefficient (Wildman–Crippen LogP) is 1.62. The highest BCUT2D eigenvalue weighted by molar-refractivity contribution is 7.74. The number of hydrazine groups is 1. The summed E-state index contributed by atoms with van der Waals surface area (Å²) in [7, 11) is 2.54. The first-order valence-corrected chi connectivity index (χ1v) is 5.65. The minimum Gasteiger partial charge on any atom is -0.285 e. The van der Waals surface area contributed by atoms with E-state index in [2.05, 4.69) is 10.4 Å². The van der Waals surface area contributed by atoms with Crippen LogP contribution in [-0.4, -0.2) is 37.1 Å². The fourth-order valence-corrected chi connectivity index (χ4v) is 1.59. The fraction of sp³-hybridized carbons (Fsp3) is 0.857. The minimum atomic E-state index is -0.607. The molecule has 5 heteroatoms. The molecule has 0 rings (SSSR count). The zero-order valence-corrected chi connectivity index (χ0v) is 9.18. The Morgan fingerprint density at radius 3 is 2.42 bits per heavy atom. The minimum absolute atomic E-state index is 0.0989. The van der Waals surface area contributed by atoms with Crippen molar-refractivity contribution in [3.8, 4) is 0 Å². The van der Waals surface area contributed by atoms with Gasteiger partial charge in [-0.05, 0) is 20.2 Å². The molecule has 0 saturated heterocycles. The lowest BCUT2D eigenvalue weighted by Crippen LogP contribution is -2.37. The molecule has 0 aliphatic rings. The van der Waals surface area contributed by atoms with E-state index in [1.807, 2.05) is 20.5 Å². The summed E-state index contributed by atoms with van der Waals surface area (Å²) in [5, 5.41) is 1.38. The molecule has 0 heterocycles. The van der Waals surface area contributed by atoms with Crippen molar-refractivity contribution in [3.05, 3.63) is 0 Å². The van der Waals surface area contributed by atoms with Gasteiger partial charge >= 0.3 is 0 Å². The smallest absolute Gasteiger partial charge is 0.259 e. The molecule has 12 heavy (non-hydrogen) atoms. The van der Waals surface area contributed by atoms with Gasteiger partial charge in [-0.15, -0.1) is 5.59 Å². The molecule has 0 aromatic heterocycles. The van der Waals surface area contributed by atoms with Gasteiger partial charge in [0.25, 0.3) is 5.65 Å². The molecule has 0 spiro atoms. The first kappa shape index (κ1) is 11.8. The molecule has 0 aliphatic heterocycles. The lowest BCUT2D eigenvalue weighted by molar-refractivity contribution is -0.0112. The number of carbonyl (C=O) groups is 1. The molecule has 0 saturated carbocycles. The average molecular weight is 192 g/mol. The topological polar surface area (TPSA) is 41.6 Å². The molecule has 0 aromatic carbocycles. The van der Waals surface area contributed by atoms with Crippen molar-refractivity contribution in [1.82, 2.24) is 10.6 Å². The second kappa shape index (κ2) is 5.46. The Labute approximate surface area is 74.9 Å².